The van der Waals surface area contributed by atoms with E-state index in [0.29, 0.717) is 19.6 Å². The molecule has 1 fully saturated rings. The molecule has 0 aliphatic carbocycles. The third-order valence-electron chi connectivity index (χ3n) is 3.62. The Kier molecular flexibility index (Phi) is 11.5. The van der Waals surface area contributed by atoms with Crippen molar-refractivity contribution in [1.29, 1.82) is 0 Å². The zero-order chi connectivity index (χ0) is 19.8. The monoisotopic (exact) mass is 519 g/mol. The molecule has 0 aromatic heterocycles. The van der Waals surface area contributed by atoms with E-state index in [1.165, 1.54) is 0 Å². The van der Waals surface area contributed by atoms with E-state index in [9.17, 15) is 13.2 Å². The highest BCUT2D eigenvalue weighted by Gasteiger charge is 2.27. The van der Waals surface area contributed by atoms with E-state index in [-0.39, 0.29) is 42.3 Å². The Morgan fingerprint density at radius 2 is 1.96 bits per heavy atom. The van der Waals surface area contributed by atoms with Crippen molar-refractivity contribution in [2.45, 2.75) is 52.7 Å². The third-order valence-corrected chi connectivity index (χ3v) is 5.02. The van der Waals surface area contributed by atoms with Crippen LogP contribution >= 0.6 is 24.0 Å². The summed E-state index contributed by atoms with van der Waals surface area (Å²) in [7, 11) is -3.20. The van der Waals surface area contributed by atoms with Crippen molar-refractivity contribution in [1.82, 2.24) is 20.3 Å². The fraction of sp³-hybridized carbons (Fsp3) is 0.875. The Morgan fingerprint density at radius 3 is 2.52 bits per heavy atom. The summed E-state index contributed by atoms with van der Waals surface area (Å²) in [5.74, 6) is 0.776. The molecule has 0 radical (unpaired) electrons. The Labute approximate surface area is 180 Å². The second-order valence-electron chi connectivity index (χ2n) is 7.11. The molecule has 1 heterocycles. The molecule has 0 spiro atoms. The second-order valence-corrected chi connectivity index (χ2v) is 9.21. The van der Waals surface area contributed by atoms with E-state index in [0.717, 1.165) is 18.9 Å². The van der Waals surface area contributed by atoms with Gasteiger partial charge in [0.25, 0.3) is 0 Å². The van der Waals surface area contributed by atoms with Crippen LogP contribution in [0.5, 0.6) is 0 Å². The summed E-state index contributed by atoms with van der Waals surface area (Å²) in [6, 6.07) is -0.00713. The summed E-state index contributed by atoms with van der Waals surface area (Å²) in [6.45, 7) is 11.8. The van der Waals surface area contributed by atoms with Crippen LogP contribution in [0.15, 0.2) is 4.99 Å². The highest BCUT2D eigenvalue weighted by molar-refractivity contribution is 14.0. The zero-order valence-electron chi connectivity index (χ0n) is 16.9. The summed E-state index contributed by atoms with van der Waals surface area (Å²) < 4.78 is 30.6. The predicted molar refractivity (Wildman–Crippen MR) is 118 cm³/mol. The van der Waals surface area contributed by atoms with Crippen molar-refractivity contribution in [3.05, 3.63) is 0 Å². The van der Waals surface area contributed by atoms with Gasteiger partial charge in [0, 0.05) is 26.2 Å². The number of amides is 1. The number of halogens is 1. The van der Waals surface area contributed by atoms with Crippen LogP contribution in [0.1, 0.15) is 41.0 Å². The number of nitrogens with zero attached hydrogens (tertiary/aromatic N) is 2. The van der Waals surface area contributed by atoms with Crippen LogP contribution in [-0.4, -0.2) is 75.5 Å². The first-order valence-electron chi connectivity index (χ1n) is 9.06. The molecule has 0 aromatic rings. The lowest BCUT2D eigenvalue weighted by Crippen LogP contribution is -2.44. The Bertz CT molecular complexity index is 592. The van der Waals surface area contributed by atoms with Gasteiger partial charge < -0.3 is 20.3 Å². The predicted octanol–water partition coefficient (Wildman–Crippen LogP) is 1.11. The minimum absolute atomic E-state index is 0. The van der Waals surface area contributed by atoms with Gasteiger partial charge in [-0.2, -0.15) is 0 Å². The molecule has 160 valence electrons. The van der Waals surface area contributed by atoms with Crippen LogP contribution in [0.25, 0.3) is 0 Å². The van der Waals surface area contributed by atoms with Crippen LogP contribution in [0.3, 0.4) is 0 Å². The van der Waals surface area contributed by atoms with Crippen molar-refractivity contribution < 1.29 is 17.9 Å². The maximum absolute atomic E-state index is 11.9. The van der Waals surface area contributed by atoms with E-state index in [1.807, 2.05) is 27.7 Å². The van der Waals surface area contributed by atoms with Gasteiger partial charge >= 0.3 is 6.09 Å². The van der Waals surface area contributed by atoms with Crippen molar-refractivity contribution in [2.75, 3.05) is 38.5 Å². The molecule has 1 rings (SSSR count). The first-order valence-corrected chi connectivity index (χ1v) is 10.7. The molecule has 1 aliphatic rings. The van der Waals surface area contributed by atoms with Crippen LogP contribution in [-0.2, 0) is 14.8 Å². The number of likely N-dealkylation sites (tertiary alicyclic amines) is 1. The van der Waals surface area contributed by atoms with Gasteiger partial charge in [0.05, 0.1) is 18.3 Å². The molecule has 1 amide bonds. The molecule has 3 N–H and O–H groups in total. The summed E-state index contributed by atoms with van der Waals surface area (Å²) in [5.41, 5.74) is -0.523. The largest absolute Gasteiger partial charge is 0.444 e. The number of alkyl carbamates (subject to hydrolysis) is 1. The lowest BCUT2D eigenvalue weighted by atomic mass is 10.2. The van der Waals surface area contributed by atoms with Gasteiger partial charge in [0.1, 0.15) is 5.60 Å². The highest BCUT2D eigenvalue weighted by Crippen LogP contribution is 2.12. The fourth-order valence-electron chi connectivity index (χ4n) is 2.44. The number of hydrogen-bond acceptors (Lipinski definition) is 5. The summed E-state index contributed by atoms with van der Waals surface area (Å²) >= 11 is 0. The SMILES string of the molecule is CCNC(=NCCNS(=O)(=O)CC)N1CCC(NC(=O)OC(C)(C)C)C1.I. The maximum Gasteiger partial charge on any atom is 0.407 e. The Balaban J connectivity index is 0.00000676. The first kappa shape index (κ1) is 26.2. The molecule has 0 aromatic carbocycles. The molecule has 1 unspecified atom stereocenters. The number of sulfonamides is 1. The van der Waals surface area contributed by atoms with Crippen LogP contribution in [0, 0.1) is 0 Å². The number of guanidine groups is 1. The summed E-state index contributed by atoms with van der Waals surface area (Å²) in [5, 5.41) is 6.08. The molecular weight excluding hydrogens is 485 g/mol. The maximum atomic E-state index is 11.9. The topological polar surface area (TPSA) is 112 Å². The Morgan fingerprint density at radius 1 is 1.30 bits per heavy atom. The van der Waals surface area contributed by atoms with E-state index in [4.69, 9.17) is 4.74 Å². The molecule has 9 nitrogen and oxygen atoms in total. The van der Waals surface area contributed by atoms with E-state index < -0.39 is 21.7 Å². The standard InChI is InChI=1S/C16H33N5O4S.HI/c1-6-17-14(18-9-10-19-26(23,24)7-2)21-11-8-13(12-21)20-15(22)25-16(3,4)5;/h13,19H,6-12H2,1-5H3,(H,17,18)(H,20,22);1H. The van der Waals surface area contributed by atoms with Crippen LogP contribution in [0.4, 0.5) is 4.79 Å². The Hall–Kier alpha value is -0.820. The molecule has 1 aliphatic heterocycles. The van der Waals surface area contributed by atoms with Crippen LogP contribution < -0.4 is 15.4 Å². The normalized spacial score (nSPS) is 18.0. The number of carbonyl (C=O) groups excluding carboxylic acids is 1. The average molecular weight is 519 g/mol. The number of ether oxygens (including phenoxy) is 1. The average Bonchev–Trinajstić information content (AvgIpc) is 2.96. The van der Waals surface area contributed by atoms with Gasteiger partial charge in [-0.15, -0.1) is 24.0 Å². The van der Waals surface area contributed by atoms with Gasteiger partial charge in [-0.1, -0.05) is 0 Å². The molecular formula is C16H34IN5O4S. The molecule has 11 heteroatoms. The lowest BCUT2D eigenvalue weighted by molar-refractivity contribution is 0.0507. The summed E-state index contributed by atoms with van der Waals surface area (Å²) in [6.07, 6.45) is 0.381. The van der Waals surface area contributed by atoms with Crippen molar-refractivity contribution in [3.63, 3.8) is 0 Å². The summed E-state index contributed by atoms with van der Waals surface area (Å²) in [4.78, 5) is 18.4. The van der Waals surface area contributed by atoms with E-state index >= 15 is 0 Å². The van der Waals surface area contributed by atoms with Gasteiger partial charge in [-0.3, -0.25) is 4.99 Å². The quantitative estimate of drug-likeness (QED) is 0.201. The number of nitrogens with one attached hydrogen (secondary N) is 3. The first-order chi connectivity index (χ1) is 12.1. The van der Waals surface area contributed by atoms with Crippen molar-refractivity contribution >= 4 is 46.1 Å². The zero-order valence-corrected chi connectivity index (χ0v) is 20.0. The lowest BCUT2D eigenvalue weighted by Gasteiger charge is -2.23. The van der Waals surface area contributed by atoms with Gasteiger partial charge in [0.15, 0.2) is 5.96 Å². The fourth-order valence-corrected chi connectivity index (χ4v) is 3.04. The number of rotatable bonds is 7. The molecule has 1 atom stereocenters. The smallest absolute Gasteiger partial charge is 0.407 e. The van der Waals surface area contributed by atoms with E-state index in [2.05, 4.69) is 25.2 Å². The van der Waals surface area contributed by atoms with Crippen molar-refractivity contribution in [3.8, 4) is 0 Å². The number of aliphatic imine (C=N–C) groups is 1. The van der Waals surface area contributed by atoms with Gasteiger partial charge in [0.2, 0.25) is 10.0 Å². The van der Waals surface area contributed by atoms with Gasteiger partial charge in [-0.05, 0) is 41.0 Å². The number of hydrogen-bond donors (Lipinski definition) is 3. The third kappa shape index (κ3) is 10.9. The molecule has 0 bridgehead atoms. The second kappa shape index (κ2) is 11.9. The minimum Gasteiger partial charge on any atom is -0.444 e. The van der Waals surface area contributed by atoms with Crippen molar-refractivity contribution in [2.24, 2.45) is 4.99 Å². The minimum atomic E-state index is -3.20. The number of carbonyl (C=O) groups is 1. The molecule has 1 saturated heterocycles. The van der Waals surface area contributed by atoms with Gasteiger partial charge in [-0.25, -0.2) is 17.9 Å². The van der Waals surface area contributed by atoms with E-state index in [1.54, 1.807) is 6.92 Å². The molecule has 27 heavy (non-hydrogen) atoms. The highest BCUT2D eigenvalue weighted by atomic mass is 127. The molecule has 0 saturated carbocycles. The van der Waals surface area contributed by atoms with Crippen LogP contribution in [0.2, 0.25) is 0 Å².